The van der Waals surface area contributed by atoms with Crippen LogP contribution >= 0.6 is 0 Å². The van der Waals surface area contributed by atoms with Crippen molar-refractivity contribution in [1.82, 2.24) is 15.1 Å². The van der Waals surface area contributed by atoms with Crippen molar-refractivity contribution in [3.63, 3.8) is 0 Å². The molecule has 0 amide bonds. The Bertz CT molecular complexity index is 302. The van der Waals surface area contributed by atoms with Crippen LogP contribution in [-0.4, -0.2) is 34.0 Å². The Balaban J connectivity index is 1.89. The van der Waals surface area contributed by atoms with E-state index in [9.17, 15) is 4.79 Å². The molecule has 74 valence electrons. The zero-order chi connectivity index (χ0) is 9.80. The lowest BCUT2D eigenvalue weighted by Gasteiger charge is -2.24. The van der Waals surface area contributed by atoms with Crippen LogP contribution < -0.4 is 0 Å². The number of piperidine rings is 1. The van der Waals surface area contributed by atoms with Gasteiger partial charge in [0.2, 0.25) is 0 Å². The molecule has 1 saturated heterocycles. The maximum absolute atomic E-state index is 11.0. The van der Waals surface area contributed by atoms with Gasteiger partial charge in [-0.1, -0.05) is 0 Å². The van der Waals surface area contributed by atoms with E-state index in [1.54, 1.807) is 6.20 Å². The molecule has 0 aliphatic carbocycles. The molecule has 0 radical (unpaired) electrons. The summed E-state index contributed by atoms with van der Waals surface area (Å²) in [6.07, 6.45) is 3.03. The zero-order valence-corrected chi connectivity index (χ0v) is 8.02. The monoisotopic (exact) mass is 191 g/mol. The summed E-state index contributed by atoms with van der Waals surface area (Å²) < 4.78 is 0. The highest BCUT2D eigenvalue weighted by Crippen LogP contribution is 2.08. The topological polar surface area (TPSA) is 46.1 Å². The van der Waals surface area contributed by atoms with Crippen LogP contribution in [0.15, 0.2) is 18.3 Å². The van der Waals surface area contributed by atoms with Gasteiger partial charge >= 0.3 is 0 Å². The number of nitrogens with zero attached hydrogens (tertiary/aromatic N) is 3. The van der Waals surface area contributed by atoms with E-state index >= 15 is 0 Å². The largest absolute Gasteiger partial charge is 0.300 e. The molecule has 0 bridgehead atoms. The molecular weight excluding hydrogens is 178 g/mol. The van der Waals surface area contributed by atoms with Gasteiger partial charge < -0.3 is 0 Å². The minimum atomic E-state index is 0.375. The molecule has 1 aromatic heterocycles. The standard InChI is InChI=1S/C10H13N3O/c14-10-3-6-13(7-4-10)8-9-2-1-5-11-12-9/h1-2,5H,3-4,6-8H2. The smallest absolute Gasteiger partial charge is 0.135 e. The van der Waals surface area contributed by atoms with Crippen LogP contribution in [0.1, 0.15) is 18.5 Å². The molecule has 0 atom stereocenters. The molecule has 2 rings (SSSR count). The first-order valence-corrected chi connectivity index (χ1v) is 4.85. The molecule has 0 saturated carbocycles. The number of ketones is 1. The first kappa shape index (κ1) is 9.27. The molecule has 0 unspecified atom stereocenters. The third-order valence-electron chi connectivity index (χ3n) is 2.43. The summed E-state index contributed by atoms with van der Waals surface area (Å²) in [6.45, 7) is 2.52. The van der Waals surface area contributed by atoms with Gasteiger partial charge in [0.15, 0.2) is 0 Å². The molecule has 1 aliphatic rings. The van der Waals surface area contributed by atoms with Gasteiger partial charge in [0.25, 0.3) is 0 Å². The van der Waals surface area contributed by atoms with E-state index in [0.29, 0.717) is 18.6 Å². The predicted octanol–water partition coefficient (Wildman–Crippen LogP) is 0.642. The lowest BCUT2D eigenvalue weighted by molar-refractivity contribution is -0.121. The molecule has 1 fully saturated rings. The van der Waals surface area contributed by atoms with Gasteiger partial charge in [0.05, 0.1) is 5.69 Å². The number of Topliss-reactive ketones (excluding diaryl/α,β-unsaturated/α-hetero) is 1. The van der Waals surface area contributed by atoms with Crippen LogP contribution in [0.3, 0.4) is 0 Å². The summed E-state index contributed by atoms with van der Waals surface area (Å²) in [5.41, 5.74) is 0.974. The fourth-order valence-corrected chi connectivity index (χ4v) is 1.61. The quantitative estimate of drug-likeness (QED) is 0.688. The molecule has 0 aromatic carbocycles. The van der Waals surface area contributed by atoms with Crippen molar-refractivity contribution in [1.29, 1.82) is 0 Å². The summed E-state index contributed by atoms with van der Waals surface area (Å²) in [5.74, 6) is 0.375. The predicted molar refractivity (Wildman–Crippen MR) is 51.6 cm³/mol. The molecular formula is C10H13N3O. The second-order valence-electron chi connectivity index (χ2n) is 3.53. The van der Waals surface area contributed by atoms with Crippen molar-refractivity contribution in [2.75, 3.05) is 13.1 Å². The highest BCUT2D eigenvalue weighted by atomic mass is 16.1. The van der Waals surface area contributed by atoms with E-state index in [4.69, 9.17) is 0 Å². The molecule has 4 nitrogen and oxygen atoms in total. The maximum atomic E-state index is 11.0. The van der Waals surface area contributed by atoms with E-state index in [1.807, 2.05) is 12.1 Å². The second kappa shape index (κ2) is 4.28. The summed E-state index contributed by atoms with van der Waals surface area (Å²) >= 11 is 0. The summed E-state index contributed by atoms with van der Waals surface area (Å²) in [5, 5.41) is 7.84. The lowest BCUT2D eigenvalue weighted by atomic mass is 10.1. The van der Waals surface area contributed by atoms with Crippen LogP contribution in [0.5, 0.6) is 0 Å². The molecule has 2 heterocycles. The Labute approximate surface area is 82.9 Å². The van der Waals surface area contributed by atoms with Crippen molar-refractivity contribution in [3.05, 3.63) is 24.0 Å². The van der Waals surface area contributed by atoms with Gasteiger partial charge in [-0.2, -0.15) is 10.2 Å². The number of hydrogen-bond donors (Lipinski definition) is 0. The van der Waals surface area contributed by atoms with Gasteiger partial charge in [-0.15, -0.1) is 0 Å². The minimum Gasteiger partial charge on any atom is -0.300 e. The number of carbonyl (C=O) groups excluding carboxylic acids is 1. The number of aromatic nitrogens is 2. The lowest BCUT2D eigenvalue weighted by Crippen LogP contribution is -2.33. The zero-order valence-electron chi connectivity index (χ0n) is 8.02. The Hall–Kier alpha value is -1.29. The number of carbonyl (C=O) groups is 1. The Kier molecular flexibility index (Phi) is 2.84. The highest BCUT2D eigenvalue weighted by Gasteiger charge is 2.16. The average molecular weight is 191 g/mol. The van der Waals surface area contributed by atoms with Crippen molar-refractivity contribution in [3.8, 4) is 0 Å². The van der Waals surface area contributed by atoms with Gasteiger partial charge in [-0.3, -0.25) is 9.69 Å². The van der Waals surface area contributed by atoms with Crippen LogP contribution in [-0.2, 0) is 11.3 Å². The fraction of sp³-hybridized carbons (Fsp3) is 0.500. The van der Waals surface area contributed by atoms with Gasteiger partial charge in [-0.25, -0.2) is 0 Å². The van der Waals surface area contributed by atoms with Crippen molar-refractivity contribution < 1.29 is 4.79 Å². The highest BCUT2D eigenvalue weighted by molar-refractivity contribution is 5.79. The minimum absolute atomic E-state index is 0.375. The molecule has 0 N–H and O–H groups in total. The molecule has 14 heavy (non-hydrogen) atoms. The Morgan fingerprint density at radius 1 is 1.36 bits per heavy atom. The van der Waals surface area contributed by atoms with E-state index in [1.165, 1.54) is 0 Å². The third-order valence-corrected chi connectivity index (χ3v) is 2.43. The first-order valence-electron chi connectivity index (χ1n) is 4.85. The summed E-state index contributed by atoms with van der Waals surface area (Å²) in [7, 11) is 0. The normalized spacial score (nSPS) is 18.4. The van der Waals surface area contributed by atoms with E-state index in [2.05, 4.69) is 15.1 Å². The van der Waals surface area contributed by atoms with Crippen LogP contribution in [0, 0.1) is 0 Å². The number of hydrogen-bond acceptors (Lipinski definition) is 4. The second-order valence-corrected chi connectivity index (χ2v) is 3.53. The average Bonchev–Trinajstić information content (AvgIpc) is 2.23. The van der Waals surface area contributed by atoms with Crippen molar-refractivity contribution in [2.24, 2.45) is 0 Å². The van der Waals surface area contributed by atoms with E-state index < -0.39 is 0 Å². The van der Waals surface area contributed by atoms with Crippen LogP contribution in [0.4, 0.5) is 0 Å². The van der Waals surface area contributed by atoms with E-state index in [-0.39, 0.29) is 0 Å². The van der Waals surface area contributed by atoms with Crippen LogP contribution in [0.2, 0.25) is 0 Å². The van der Waals surface area contributed by atoms with Gasteiger partial charge in [0, 0.05) is 38.7 Å². The fourth-order valence-electron chi connectivity index (χ4n) is 1.61. The SMILES string of the molecule is O=C1CCN(Cc2cccnn2)CC1. The number of likely N-dealkylation sites (tertiary alicyclic amines) is 1. The maximum Gasteiger partial charge on any atom is 0.135 e. The third kappa shape index (κ3) is 2.35. The molecule has 4 heteroatoms. The van der Waals surface area contributed by atoms with Gasteiger partial charge in [0.1, 0.15) is 5.78 Å². The van der Waals surface area contributed by atoms with Crippen molar-refractivity contribution in [2.45, 2.75) is 19.4 Å². The van der Waals surface area contributed by atoms with Crippen molar-refractivity contribution >= 4 is 5.78 Å². The first-order chi connectivity index (χ1) is 6.84. The molecule has 1 aromatic rings. The Morgan fingerprint density at radius 3 is 2.79 bits per heavy atom. The summed E-state index contributed by atoms with van der Waals surface area (Å²) in [6, 6.07) is 3.85. The molecule has 1 aliphatic heterocycles. The van der Waals surface area contributed by atoms with E-state index in [0.717, 1.165) is 25.3 Å². The molecule has 0 spiro atoms. The van der Waals surface area contributed by atoms with Crippen LogP contribution in [0.25, 0.3) is 0 Å². The number of rotatable bonds is 2. The summed E-state index contributed by atoms with van der Waals surface area (Å²) in [4.78, 5) is 13.2. The Morgan fingerprint density at radius 2 is 2.14 bits per heavy atom. The van der Waals surface area contributed by atoms with Gasteiger partial charge in [-0.05, 0) is 12.1 Å².